The van der Waals surface area contributed by atoms with Crippen LogP contribution in [-0.2, 0) is 4.79 Å². The molecule has 4 rings (SSSR count). The van der Waals surface area contributed by atoms with E-state index in [2.05, 4.69) is 15.6 Å². The molecule has 0 unspecified atom stereocenters. The number of H-pyrrole nitrogens is 1. The Labute approximate surface area is 184 Å². The minimum absolute atomic E-state index is 0.0947. The highest BCUT2D eigenvalue weighted by molar-refractivity contribution is 6.35. The number of aliphatic hydroxyl groups excluding tert-OH is 2. The van der Waals surface area contributed by atoms with Gasteiger partial charge in [-0.2, -0.15) is 0 Å². The van der Waals surface area contributed by atoms with E-state index in [1.807, 2.05) is 30.3 Å². The topological polar surface area (TPSA) is 140 Å². The van der Waals surface area contributed by atoms with E-state index < -0.39 is 18.6 Å². The first-order valence-electron chi connectivity index (χ1n) is 10.2. The molecular weight excluding hydrogens is 408 g/mol. The van der Waals surface area contributed by atoms with Crippen molar-refractivity contribution in [3.63, 3.8) is 0 Å². The van der Waals surface area contributed by atoms with E-state index in [0.717, 1.165) is 11.3 Å². The molecule has 0 radical (unpaired) electrons. The number of hydrogen-bond acceptors (Lipinski definition) is 5. The lowest BCUT2D eigenvalue weighted by molar-refractivity contribution is -0.110. The van der Waals surface area contributed by atoms with Gasteiger partial charge in [0.25, 0.3) is 11.8 Å². The number of hydrogen-bond donors (Lipinski definition) is 6. The SMILES string of the molecule is Cc1[nH]c(C=C2C(=O)Nc3ccccc32)c(-c2cccc(N)c2)c1C(=O)NC[C@@H](O)CO. The van der Waals surface area contributed by atoms with Gasteiger partial charge in [-0.25, -0.2) is 0 Å². The Morgan fingerprint density at radius 1 is 1.22 bits per heavy atom. The molecule has 1 aliphatic heterocycles. The number of nitrogens with two attached hydrogens (primary N) is 1. The Morgan fingerprint density at radius 2 is 2.00 bits per heavy atom. The predicted octanol–water partition coefficient (Wildman–Crippen LogP) is 2.15. The number of aromatic amines is 1. The van der Waals surface area contributed by atoms with E-state index in [1.54, 1.807) is 31.2 Å². The summed E-state index contributed by atoms with van der Waals surface area (Å²) in [5.41, 5.74) is 11.4. The third kappa shape index (κ3) is 4.01. The Balaban J connectivity index is 1.85. The van der Waals surface area contributed by atoms with Crippen LogP contribution in [0.4, 0.5) is 11.4 Å². The summed E-state index contributed by atoms with van der Waals surface area (Å²) >= 11 is 0. The standard InChI is InChI=1S/C24H24N4O4/c1-13-21(24(32)26-11-16(30)12-29)22(14-5-4-6-15(25)9-14)20(27-13)10-18-17-7-2-3-8-19(17)28-23(18)31/h2-10,16,27,29-30H,11-12,25H2,1H3,(H,26,32)(H,28,31)/t16-/m1/s1. The number of aliphatic hydroxyl groups is 2. The lowest BCUT2D eigenvalue weighted by Gasteiger charge is -2.11. The van der Waals surface area contributed by atoms with Crippen LogP contribution in [0.3, 0.4) is 0 Å². The molecule has 0 spiro atoms. The van der Waals surface area contributed by atoms with Crippen molar-refractivity contribution in [3.8, 4) is 11.1 Å². The Hall–Kier alpha value is -3.88. The van der Waals surface area contributed by atoms with E-state index >= 15 is 0 Å². The fraction of sp³-hybridized carbons (Fsp3) is 0.167. The number of para-hydroxylation sites is 1. The number of fused-ring (bicyclic) bond motifs is 1. The highest BCUT2D eigenvalue weighted by Crippen LogP contribution is 2.37. The fourth-order valence-electron chi connectivity index (χ4n) is 3.83. The van der Waals surface area contributed by atoms with Crippen LogP contribution in [0.15, 0.2) is 48.5 Å². The van der Waals surface area contributed by atoms with E-state index in [4.69, 9.17) is 10.8 Å². The molecule has 1 aliphatic rings. The van der Waals surface area contributed by atoms with Crippen molar-refractivity contribution in [3.05, 3.63) is 71.0 Å². The van der Waals surface area contributed by atoms with Gasteiger partial charge >= 0.3 is 0 Å². The Kier molecular flexibility index (Phi) is 5.81. The molecule has 0 aliphatic carbocycles. The van der Waals surface area contributed by atoms with Crippen LogP contribution in [0.5, 0.6) is 0 Å². The quantitative estimate of drug-likeness (QED) is 0.262. The third-order valence-corrected chi connectivity index (χ3v) is 5.33. The highest BCUT2D eigenvalue weighted by Gasteiger charge is 2.27. The molecule has 0 saturated carbocycles. The molecule has 7 N–H and O–H groups in total. The summed E-state index contributed by atoms with van der Waals surface area (Å²) in [6.07, 6.45) is 0.667. The number of aromatic nitrogens is 1. The number of aryl methyl sites for hydroxylation is 1. The molecule has 1 aromatic heterocycles. The highest BCUT2D eigenvalue weighted by atomic mass is 16.3. The molecule has 0 bridgehead atoms. The molecule has 8 heteroatoms. The van der Waals surface area contributed by atoms with E-state index in [-0.39, 0.29) is 12.5 Å². The van der Waals surface area contributed by atoms with Crippen molar-refractivity contribution in [1.29, 1.82) is 0 Å². The van der Waals surface area contributed by atoms with Gasteiger partial charge in [0.2, 0.25) is 0 Å². The second-order valence-corrected chi connectivity index (χ2v) is 7.64. The lowest BCUT2D eigenvalue weighted by Crippen LogP contribution is -2.34. The molecule has 2 amide bonds. The third-order valence-electron chi connectivity index (χ3n) is 5.33. The van der Waals surface area contributed by atoms with Gasteiger partial charge in [-0.15, -0.1) is 0 Å². The number of anilines is 2. The van der Waals surface area contributed by atoms with Crippen LogP contribution >= 0.6 is 0 Å². The van der Waals surface area contributed by atoms with Crippen LogP contribution in [0.1, 0.15) is 27.3 Å². The molecule has 2 aromatic carbocycles. The number of amides is 2. The molecular formula is C24H24N4O4. The maximum absolute atomic E-state index is 13.0. The minimum Gasteiger partial charge on any atom is -0.399 e. The summed E-state index contributed by atoms with van der Waals surface area (Å²) in [4.78, 5) is 28.9. The first kappa shape index (κ1) is 21.4. The zero-order chi connectivity index (χ0) is 22.8. The molecule has 2 heterocycles. The number of carbonyl (C=O) groups is 2. The smallest absolute Gasteiger partial charge is 0.256 e. The lowest BCUT2D eigenvalue weighted by atomic mass is 9.97. The molecule has 0 saturated heterocycles. The molecule has 3 aromatic rings. The van der Waals surface area contributed by atoms with Crippen LogP contribution in [-0.4, -0.2) is 46.3 Å². The van der Waals surface area contributed by atoms with Crippen molar-refractivity contribution >= 4 is 34.8 Å². The van der Waals surface area contributed by atoms with E-state index in [0.29, 0.717) is 39.3 Å². The predicted molar refractivity (Wildman–Crippen MR) is 124 cm³/mol. The molecule has 1 atom stereocenters. The normalized spacial score (nSPS) is 14.8. The van der Waals surface area contributed by atoms with Crippen molar-refractivity contribution in [1.82, 2.24) is 10.3 Å². The second kappa shape index (κ2) is 8.70. The monoisotopic (exact) mass is 432 g/mol. The Morgan fingerprint density at radius 3 is 2.75 bits per heavy atom. The van der Waals surface area contributed by atoms with Crippen LogP contribution < -0.4 is 16.4 Å². The van der Waals surface area contributed by atoms with E-state index in [1.165, 1.54) is 0 Å². The number of rotatable bonds is 6. The van der Waals surface area contributed by atoms with Gasteiger partial charge in [-0.3, -0.25) is 9.59 Å². The van der Waals surface area contributed by atoms with Crippen molar-refractivity contribution < 1.29 is 19.8 Å². The first-order valence-corrected chi connectivity index (χ1v) is 10.2. The summed E-state index contributed by atoms with van der Waals surface area (Å²) in [6.45, 7) is 1.21. The summed E-state index contributed by atoms with van der Waals surface area (Å²) in [5, 5.41) is 24.2. The van der Waals surface area contributed by atoms with Crippen LogP contribution in [0.2, 0.25) is 0 Å². The summed E-state index contributed by atoms with van der Waals surface area (Å²) in [7, 11) is 0. The average Bonchev–Trinajstić information content (AvgIpc) is 3.28. The number of nitrogen functional groups attached to an aromatic ring is 1. The van der Waals surface area contributed by atoms with Gasteiger partial charge in [-0.1, -0.05) is 30.3 Å². The average molecular weight is 432 g/mol. The van der Waals surface area contributed by atoms with Gasteiger partial charge in [0.05, 0.1) is 23.8 Å². The number of benzene rings is 2. The summed E-state index contributed by atoms with van der Waals surface area (Å²) in [5.74, 6) is -0.640. The summed E-state index contributed by atoms with van der Waals surface area (Å²) in [6, 6.07) is 14.5. The summed E-state index contributed by atoms with van der Waals surface area (Å²) < 4.78 is 0. The number of nitrogens with one attached hydrogen (secondary N) is 3. The van der Waals surface area contributed by atoms with Crippen molar-refractivity contribution in [2.75, 3.05) is 24.2 Å². The minimum atomic E-state index is -1.06. The van der Waals surface area contributed by atoms with Gasteiger partial charge in [-0.05, 0) is 36.8 Å². The second-order valence-electron chi connectivity index (χ2n) is 7.64. The largest absolute Gasteiger partial charge is 0.399 e. The molecule has 8 nitrogen and oxygen atoms in total. The maximum atomic E-state index is 13.0. The van der Waals surface area contributed by atoms with Gasteiger partial charge in [0.1, 0.15) is 0 Å². The maximum Gasteiger partial charge on any atom is 0.256 e. The van der Waals surface area contributed by atoms with Crippen molar-refractivity contribution in [2.24, 2.45) is 0 Å². The van der Waals surface area contributed by atoms with Crippen LogP contribution in [0, 0.1) is 6.92 Å². The van der Waals surface area contributed by atoms with Crippen molar-refractivity contribution in [2.45, 2.75) is 13.0 Å². The van der Waals surface area contributed by atoms with Gasteiger partial charge in [0.15, 0.2) is 0 Å². The van der Waals surface area contributed by atoms with Gasteiger partial charge in [0, 0.05) is 40.4 Å². The number of carbonyl (C=O) groups excluding carboxylic acids is 2. The van der Waals surface area contributed by atoms with Gasteiger partial charge < -0.3 is 31.6 Å². The molecule has 0 fully saturated rings. The van der Waals surface area contributed by atoms with E-state index in [9.17, 15) is 14.7 Å². The first-order chi connectivity index (χ1) is 15.4. The molecule has 164 valence electrons. The molecule has 32 heavy (non-hydrogen) atoms. The van der Waals surface area contributed by atoms with Crippen LogP contribution in [0.25, 0.3) is 22.8 Å². The zero-order valence-corrected chi connectivity index (χ0v) is 17.5. The Bertz CT molecular complexity index is 1230. The fourth-order valence-corrected chi connectivity index (χ4v) is 3.83. The zero-order valence-electron chi connectivity index (χ0n) is 17.5.